The molecule has 2 amide bonds. The van der Waals surface area contributed by atoms with Crippen LogP contribution in [0.5, 0.6) is 5.75 Å². The molecule has 1 aliphatic rings. The first-order chi connectivity index (χ1) is 20.4. The van der Waals surface area contributed by atoms with Crippen molar-refractivity contribution in [1.29, 1.82) is 0 Å². The molecule has 0 bridgehead atoms. The Morgan fingerprint density at radius 2 is 1.62 bits per heavy atom. The van der Waals surface area contributed by atoms with E-state index in [1.54, 1.807) is 66.7 Å². The number of para-hydroxylation sites is 1. The molecule has 5 rings (SSSR count). The fourth-order valence-electron chi connectivity index (χ4n) is 4.50. The van der Waals surface area contributed by atoms with Gasteiger partial charge in [-0.25, -0.2) is 0 Å². The third-order valence-electron chi connectivity index (χ3n) is 6.69. The number of carbonyl (C=O) groups is 3. The van der Waals surface area contributed by atoms with Gasteiger partial charge < -0.3 is 20.5 Å². The number of ketones is 1. The molecule has 0 aliphatic heterocycles. The summed E-state index contributed by atoms with van der Waals surface area (Å²) in [5, 5.41) is 19.7. The van der Waals surface area contributed by atoms with Gasteiger partial charge in [-0.1, -0.05) is 54.6 Å². The Morgan fingerprint density at radius 1 is 0.857 bits per heavy atom. The zero-order chi connectivity index (χ0) is 29.6. The fourth-order valence-corrected chi connectivity index (χ4v) is 4.50. The molecule has 210 valence electrons. The number of nitrogens with zero attached hydrogens (tertiary/aromatic N) is 1. The quantitative estimate of drug-likeness (QED) is 0.174. The van der Waals surface area contributed by atoms with E-state index in [-0.39, 0.29) is 23.8 Å². The van der Waals surface area contributed by atoms with E-state index in [1.807, 2.05) is 31.2 Å². The Kier molecular flexibility index (Phi) is 8.22. The number of aliphatic hydroxyl groups excluding tert-OH is 1. The first-order valence-corrected chi connectivity index (χ1v) is 13.1. The first kappa shape index (κ1) is 28.0. The lowest BCUT2D eigenvalue weighted by Gasteiger charge is -2.18. The van der Waals surface area contributed by atoms with Gasteiger partial charge in [0.15, 0.2) is 0 Å². The summed E-state index contributed by atoms with van der Waals surface area (Å²) in [6.45, 7) is 1.59. The Labute approximate surface area is 242 Å². The molecule has 0 heterocycles. The van der Waals surface area contributed by atoms with E-state index in [0.29, 0.717) is 45.1 Å². The molecule has 0 unspecified atom stereocenters. The molecule has 0 fully saturated rings. The van der Waals surface area contributed by atoms with Gasteiger partial charge in [0.2, 0.25) is 5.78 Å². The Morgan fingerprint density at radius 3 is 2.38 bits per heavy atom. The number of benzene rings is 4. The number of amides is 2. The molecule has 1 aliphatic carbocycles. The number of nitrogens with one attached hydrogen (secondary N) is 3. The molecule has 0 aromatic heterocycles. The topological polar surface area (TPSA) is 129 Å². The van der Waals surface area contributed by atoms with Gasteiger partial charge in [0.1, 0.15) is 11.5 Å². The second-order valence-corrected chi connectivity index (χ2v) is 9.55. The Balaban J connectivity index is 1.45. The number of methoxy groups -OCH3 is 1. The number of aliphatic hydroxyl groups is 1. The van der Waals surface area contributed by atoms with Crippen LogP contribution in [0.15, 0.2) is 102 Å². The maximum atomic E-state index is 13.7. The number of fused-ring (bicyclic) bond motifs is 1. The zero-order valence-corrected chi connectivity index (χ0v) is 23.0. The van der Waals surface area contributed by atoms with Gasteiger partial charge in [0, 0.05) is 28.1 Å². The van der Waals surface area contributed by atoms with Crippen LogP contribution in [0.2, 0.25) is 0 Å². The molecule has 9 heteroatoms. The second-order valence-electron chi connectivity index (χ2n) is 9.55. The lowest BCUT2D eigenvalue weighted by molar-refractivity contribution is -0.116. The summed E-state index contributed by atoms with van der Waals surface area (Å²) in [6, 6.07) is 26.2. The van der Waals surface area contributed by atoms with Crippen molar-refractivity contribution in [3.63, 3.8) is 0 Å². The minimum Gasteiger partial charge on any atom is -0.495 e. The number of hydrogen-bond acceptors (Lipinski definition) is 7. The van der Waals surface area contributed by atoms with Crippen molar-refractivity contribution < 1.29 is 24.2 Å². The fraction of sp³-hybridized carbons (Fsp3) is 0.0909. The minimum atomic E-state index is -0.625. The van der Waals surface area contributed by atoms with Crippen molar-refractivity contribution in [3.8, 4) is 5.75 Å². The molecular weight excluding hydrogens is 532 g/mol. The SMILES string of the molecule is COc1ccc(C(=O)Nc2ccccc2)cc1N/N=C1\C(=O)C(C(=O)Nc2cc(C)ccc2CO)=Cc2ccccc21. The molecular formula is C33H28N4O5. The van der Waals surface area contributed by atoms with Crippen molar-refractivity contribution in [2.75, 3.05) is 23.2 Å². The number of Topliss-reactive ketones (excluding diaryl/α,β-unsaturated/α-hetero) is 1. The average Bonchev–Trinajstić information content (AvgIpc) is 3.00. The summed E-state index contributed by atoms with van der Waals surface area (Å²) in [6.07, 6.45) is 1.52. The van der Waals surface area contributed by atoms with Gasteiger partial charge in [0.05, 0.1) is 25.0 Å². The van der Waals surface area contributed by atoms with Crippen LogP contribution >= 0.6 is 0 Å². The molecule has 0 spiro atoms. The molecule has 42 heavy (non-hydrogen) atoms. The van der Waals surface area contributed by atoms with Crippen molar-refractivity contribution >= 4 is 46.4 Å². The molecule has 0 radical (unpaired) electrons. The predicted molar refractivity (Wildman–Crippen MR) is 163 cm³/mol. The normalized spacial score (nSPS) is 13.2. The molecule has 4 N–H and O–H groups in total. The van der Waals surface area contributed by atoms with Gasteiger partial charge in [-0.05, 0) is 60.5 Å². The highest BCUT2D eigenvalue weighted by molar-refractivity contribution is 6.59. The van der Waals surface area contributed by atoms with Crippen molar-refractivity contribution in [2.45, 2.75) is 13.5 Å². The largest absolute Gasteiger partial charge is 0.495 e. The van der Waals surface area contributed by atoms with Crippen molar-refractivity contribution in [1.82, 2.24) is 0 Å². The molecule has 0 saturated heterocycles. The Hall–Kier alpha value is -5.54. The summed E-state index contributed by atoms with van der Waals surface area (Å²) >= 11 is 0. The highest BCUT2D eigenvalue weighted by Gasteiger charge is 2.30. The number of rotatable bonds is 8. The van der Waals surface area contributed by atoms with Crippen molar-refractivity contribution in [2.24, 2.45) is 5.10 Å². The lowest BCUT2D eigenvalue weighted by atomic mass is 9.89. The van der Waals surface area contributed by atoms with Gasteiger partial charge >= 0.3 is 0 Å². The van der Waals surface area contributed by atoms with Crippen molar-refractivity contribution in [3.05, 3.63) is 124 Å². The lowest BCUT2D eigenvalue weighted by Crippen LogP contribution is -2.30. The van der Waals surface area contributed by atoms with E-state index in [1.165, 1.54) is 13.2 Å². The van der Waals surface area contributed by atoms with E-state index in [0.717, 1.165) is 5.56 Å². The maximum Gasteiger partial charge on any atom is 0.259 e. The van der Waals surface area contributed by atoms with Crippen LogP contribution in [0.3, 0.4) is 0 Å². The summed E-state index contributed by atoms with van der Waals surface area (Å²) in [7, 11) is 1.48. The highest BCUT2D eigenvalue weighted by atomic mass is 16.5. The van der Waals surface area contributed by atoms with E-state index < -0.39 is 11.7 Å². The summed E-state index contributed by atoms with van der Waals surface area (Å²) in [4.78, 5) is 39.9. The van der Waals surface area contributed by atoms with Gasteiger partial charge in [-0.15, -0.1) is 0 Å². The minimum absolute atomic E-state index is 0.0195. The number of ether oxygens (including phenoxy) is 1. The summed E-state index contributed by atoms with van der Waals surface area (Å²) in [5.41, 5.74) is 7.12. The van der Waals surface area contributed by atoms with Crippen LogP contribution in [0.1, 0.15) is 32.6 Å². The third-order valence-corrected chi connectivity index (χ3v) is 6.69. The van der Waals surface area contributed by atoms with Crippen LogP contribution in [-0.4, -0.2) is 35.5 Å². The average molecular weight is 561 g/mol. The van der Waals surface area contributed by atoms with Gasteiger partial charge in [0.25, 0.3) is 11.8 Å². The third kappa shape index (κ3) is 5.96. The van der Waals surface area contributed by atoms with E-state index in [9.17, 15) is 19.5 Å². The standard InChI is InChI=1S/C33H28N4O5/c1-20-12-13-23(19-38)27(16-20)35-33(41)26-17-21-8-6-7-11-25(21)30(31(26)39)37-36-28-18-22(14-15-29(28)42-2)32(40)34-24-9-4-3-5-10-24/h3-18,36,38H,19H2,1-2H3,(H,34,40)(H,35,41)/b37-30-. The smallest absolute Gasteiger partial charge is 0.259 e. The number of carbonyl (C=O) groups excluding carboxylic acids is 3. The number of aryl methyl sites for hydroxylation is 1. The molecule has 9 nitrogen and oxygen atoms in total. The van der Waals surface area contributed by atoms with Gasteiger partial charge in [-0.2, -0.15) is 5.10 Å². The van der Waals surface area contributed by atoms with E-state index in [4.69, 9.17) is 4.74 Å². The van der Waals surface area contributed by atoms with Crippen LogP contribution < -0.4 is 20.8 Å². The highest BCUT2D eigenvalue weighted by Crippen LogP contribution is 2.28. The van der Waals surface area contributed by atoms with E-state index in [2.05, 4.69) is 21.2 Å². The summed E-state index contributed by atoms with van der Waals surface area (Å²) < 4.78 is 5.45. The molecule has 4 aromatic rings. The number of hydrazone groups is 1. The number of hydrogen-bond donors (Lipinski definition) is 4. The Bertz CT molecular complexity index is 1740. The maximum absolute atomic E-state index is 13.7. The first-order valence-electron chi connectivity index (χ1n) is 13.1. The zero-order valence-electron chi connectivity index (χ0n) is 23.0. The van der Waals surface area contributed by atoms with Crippen LogP contribution in [0.4, 0.5) is 17.1 Å². The molecule has 0 saturated carbocycles. The van der Waals surface area contributed by atoms with Crippen LogP contribution in [-0.2, 0) is 16.2 Å². The van der Waals surface area contributed by atoms with Crippen LogP contribution in [0, 0.1) is 6.92 Å². The molecule has 4 aromatic carbocycles. The van der Waals surface area contributed by atoms with Gasteiger partial charge in [-0.3, -0.25) is 19.8 Å². The second kappa shape index (κ2) is 12.3. The number of anilines is 3. The monoisotopic (exact) mass is 560 g/mol. The molecule has 0 atom stereocenters. The van der Waals surface area contributed by atoms with E-state index >= 15 is 0 Å². The van der Waals surface area contributed by atoms with Crippen LogP contribution in [0.25, 0.3) is 6.08 Å². The predicted octanol–water partition coefficient (Wildman–Crippen LogP) is 5.17. The summed E-state index contributed by atoms with van der Waals surface area (Å²) in [5.74, 6) is -1.15.